The summed E-state index contributed by atoms with van der Waals surface area (Å²) in [4.78, 5) is 11.9. The lowest BCUT2D eigenvalue weighted by molar-refractivity contribution is 0.251. The molecule has 1 aromatic carbocycles. The SMILES string of the molecule is COc1ccc(CNC(=O)Nc2nnc(-c3ccco3)s2)cc1. The average Bonchev–Trinajstić information content (AvgIpc) is 3.24. The smallest absolute Gasteiger partial charge is 0.321 e. The molecule has 0 radical (unpaired) electrons. The third-order valence-corrected chi connectivity index (χ3v) is 3.84. The van der Waals surface area contributed by atoms with Crippen molar-refractivity contribution in [2.75, 3.05) is 12.4 Å². The van der Waals surface area contributed by atoms with E-state index in [1.165, 1.54) is 11.3 Å². The van der Waals surface area contributed by atoms with Gasteiger partial charge in [0.1, 0.15) is 5.75 Å². The molecule has 0 fully saturated rings. The highest BCUT2D eigenvalue weighted by molar-refractivity contribution is 7.18. The molecule has 2 heterocycles. The van der Waals surface area contributed by atoms with Crippen molar-refractivity contribution >= 4 is 22.5 Å². The zero-order chi connectivity index (χ0) is 16.1. The molecular formula is C15H14N4O3S. The molecule has 0 aliphatic rings. The van der Waals surface area contributed by atoms with Crippen LogP contribution in [0, 0.1) is 0 Å². The van der Waals surface area contributed by atoms with E-state index in [0.29, 0.717) is 22.4 Å². The number of ether oxygens (including phenoxy) is 1. The van der Waals surface area contributed by atoms with Crippen LogP contribution in [-0.2, 0) is 6.54 Å². The second kappa shape index (κ2) is 6.93. The summed E-state index contributed by atoms with van der Waals surface area (Å²) in [6, 6.07) is 10.7. The number of nitrogens with one attached hydrogen (secondary N) is 2. The van der Waals surface area contributed by atoms with E-state index in [9.17, 15) is 4.79 Å². The fourth-order valence-electron chi connectivity index (χ4n) is 1.84. The normalized spacial score (nSPS) is 10.3. The molecule has 0 spiro atoms. The zero-order valence-corrected chi connectivity index (χ0v) is 13.1. The van der Waals surface area contributed by atoms with E-state index in [2.05, 4.69) is 20.8 Å². The fraction of sp³-hybridized carbons (Fsp3) is 0.133. The zero-order valence-electron chi connectivity index (χ0n) is 12.3. The summed E-state index contributed by atoms with van der Waals surface area (Å²) in [5.41, 5.74) is 0.967. The third-order valence-electron chi connectivity index (χ3n) is 2.99. The van der Waals surface area contributed by atoms with Crippen LogP contribution in [0.4, 0.5) is 9.93 Å². The van der Waals surface area contributed by atoms with Crippen LogP contribution in [0.2, 0.25) is 0 Å². The van der Waals surface area contributed by atoms with E-state index < -0.39 is 0 Å². The molecule has 0 unspecified atom stereocenters. The molecule has 7 nitrogen and oxygen atoms in total. The molecule has 0 saturated heterocycles. The maximum Gasteiger partial charge on any atom is 0.321 e. The van der Waals surface area contributed by atoms with Gasteiger partial charge >= 0.3 is 6.03 Å². The molecule has 2 amide bonds. The van der Waals surface area contributed by atoms with Crippen molar-refractivity contribution in [3.05, 3.63) is 48.2 Å². The van der Waals surface area contributed by atoms with Crippen molar-refractivity contribution in [2.45, 2.75) is 6.54 Å². The summed E-state index contributed by atoms with van der Waals surface area (Å²) in [6.45, 7) is 0.402. The minimum atomic E-state index is -0.344. The molecule has 0 bridgehead atoms. The summed E-state index contributed by atoms with van der Waals surface area (Å²) >= 11 is 1.24. The van der Waals surface area contributed by atoms with Crippen molar-refractivity contribution in [1.29, 1.82) is 0 Å². The Kier molecular flexibility index (Phi) is 4.53. The Morgan fingerprint density at radius 2 is 2.09 bits per heavy atom. The minimum Gasteiger partial charge on any atom is -0.497 e. The Morgan fingerprint density at radius 3 is 2.78 bits per heavy atom. The molecular weight excluding hydrogens is 316 g/mol. The maximum atomic E-state index is 11.9. The molecule has 0 atom stereocenters. The Balaban J connectivity index is 1.53. The van der Waals surface area contributed by atoms with Gasteiger partial charge in [0, 0.05) is 6.54 Å². The third kappa shape index (κ3) is 3.86. The van der Waals surface area contributed by atoms with Gasteiger partial charge in [0.25, 0.3) is 0 Å². The number of benzene rings is 1. The van der Waals surface area contributed by atoms with Crippen LogP contribution in [0.3, 0.4) is 0 Å². The van der Waals surface area contributed by atoms with Crippen molar-refractivity contribution in [3.8, 4) is 16.5 Å². The molecule has 23 heavy (non-hydrogen) atoms. The summed E-state index contributed by atoms with van der Waals surface area (Å²) in [6.07, 6.45) is 1.56. The number of hydrogen-bond donors (Lipinski definition) is 2. The van der Waals surface area contributed by atoms with Crippen LogP contribution < -0.4 is 15.4 Å². The topological polar surface area (TPSA) is 89.3 Å². The minimum absolute atomic E-state index is 0.344. The van der Waals surface area contributed by atoms with Crippen molar-refractivity contribution in [3.63, 3.8) is 0 Å². The van der Waals surface area contributed by atoms with Gasteiger partial charge in [-0.15, -0.1) is 10.2 Å². The Morgan fingerprint density at radius 1 is 1.26 bits per heavy atom. The van der Waals surface area contributed by atoms with Gasteiger partial charge in [-0.25, -0.2) is 4.79 Å². The van der Waals surface area contributed by atoms with Gasteiger partial charge in [-0.1, -0.05) is 23.5 Å². The first-order chi connectivity index (χ1) is 11.2. The quantitative estimate of drug-likeness (QED) is 0.750. The van der Waals surface area contributed by atoms with Crippen LogP contribution in [0.25, 0.3) is 10.8 Å². The van der Waals surface area contributed by atoms with Crippen LogP contribution in [0.15, 0.2) is 47.1 Å². The molecule has 118 valence electrons. The van der Waals surface area contributed by atoms with Gasteiger partial charge in [-0.2, -0.15) is 0 Å². The highest BCUT2D eigenvalue weighted by atomic mass is 32.1. The largest absolute Gasteiger partial charge is 0.497 e. The maximum absolute atomic E-state index is 11.9. The first-order valence-electron chi connectivity index (χ1n) is 6.80. The molecule has 0 aliphatic heterocycles. The summed E-state index contributed by atoms with van der Waals surface area (Å²) in [5.74, 6) is 1.40. The highest BCUT2D eigenvalue weighted by Crippen LogP contribution is 2.26. The Labute approximate surface area is 136 Å². The number of carbonyl (C=O) groups excluding carboxylic acids is 1. The molecule has 0 saturated carbocycles. The average molecular weight is 330 g/mol. The van der Waals surface area contributed by atoms with E-state index >= 15 is 0 Å². The number of anilines is 1. The predicted molar refractivity (Wildman–Crippen MR) is 86.5 cm³/mol. The second-order valence-corrected chi connectivity index (χ2v) is 5.52. The van der Waals surface area contributed by atoms with Crippen molar-refractivity contribution in [2.24, 2.45) is 0 Å². The summed E-state index contributed by atoms with van der Waals surface area (Å²) in [5, 5.41) is 14.3. The van der Waals surface area contributed by atoms with Crippen LogP contribution >= 0.6 is 11.3 Å². The first kappa shape index (κ1) is 15.0. The number of methoxy groups -OCH3 is 1. The standard InChI is InChI=1S/C15H14N4O3S/c1-21-11-6-4-10(5-7-11)9-16-14(20)17-15-19-18-13(23-15)12-3-2-8-22-12/h2-8H,9H2,1H3,(H2,16,17,19,20). The fourth-order valence-corrected chi connectivity index (χ4v) is 2.55. The number of urea groups is 1. The van der Waals surface area contributed by atoms with Gasteiger partial charge < -0.3 is 14.5 Å². The molecule has 2 aromatic heterocycles. The van der Waals surface area contributed by atoms with Gasteiger partial charge in [0.15, 0.2) is 10.8 Å². The lowest BCUT2D eigenvalue weighted by Crippen LogP contribution is -2.28. The number of rotatable bonds is 5. The van der Waals surface area contributed by atoms with Gasteiger partial charge in [0.2, 0.25) is 5.13 Å². The van der Waals surface area contributed by atoms with Gasteiger partial charge in [-0.3, -0.25) is 5.32 Å². The summed E-state index contributed by atoms with van der Waals surface area (Å²) < 4.78 is 10.3. The van der Waals surface area contributed by atoms with E-state index in [0.717, 1.165) is 11.3 Å². The van der Waals surface area contributed by atoms with E-state index in [-0.39, 0.29) is 6.03 Å². The number of carbonyl (C=O) groups is 1. The van der Waals surface area contributed by atoms with E-state index in [1.807, 2.05) is 24.3 Å². The van der Waals surface area contributed by atoms with E-state index in [4.69, 9.17) is 9.15 Å². The van der Waals surface area contributed by atoms with Crippen LogP contribution in [0.1, 0.15) is 5.56 Å². The monoisotopic (exact) mass is 330 g/mol. The number of hydrogen-bond acceptors (Lipinski definition) is 6. The second-order valence-electron chi connectivity index (χ2n) is 4.55. The number of furan rings is 1. The molecule has 3 aromatic rings. The van der Waals surface area contributed by atoms with E-state index in [1.54, 1.807) is 25.5 Å². The summed E-state index contributed by atoms with van der Waals surface area (Å²) in [7, 11) is 1.61. The highest BCUT2D eigenvalue weighted by Gasteiger charge is 2.11. The van der Waals surface area contributed by atoms with Gasteiger partial charge in [0.05, 0.1) is 13.4 Å². The lowest BCUT2D eigenvalue weighted by atomic mass is 10.2. The van der Waals surface area contributed by atoms with Gasteiger partial charge in [-0.05, 0) is 29.8 Å². The lowest BCUT2D eigenvalue weighted by Gasteiger charge is -2.06. The van der Waals surface area contributed by atoms with Crippen LogP contribution in [0.5, 0.6) is 5.75 Å². The molecule has 8 heteroatoms. The van der Waals surface area contributed by atoms with Crippen molar-refractivity contribution < 1.29 is 13.9 Å². The molecule has 2 N–H and O–H groups in total. The molecule has 0 aliphatic carbocycles. The van der Waals surface area contributed by atoms with Crippen LogP contribution in [-0.4, -0.2) is 23.3 Å². The predicted octanol–water partition coefficient (Wildman–Crippen LogP) is 3.13. The Bertz CT molecular complexity index is 768. The Hall–Kier alpha value is -2.87. The number of aromatic nitrogens is 2. The molecule has 3 rings (SSSR count). The number of nitrogens with zero attached hydrogens (tertiary/aromatic N) is 2. The first-order valence-corrected chi connectivity index (χ1v) is 7.61. The van der Waals surface area contributed by atoms with Crippen molar-refractivity contribution in [1.82, 2.24) is 15.5 Å². The number of amides is 2.